The number of aromatic nitrogens is 2. The number of amides is 1. The van der Waals surface area contributed by atoms with Crippen LogP contribution in [0, 0.1) is 0 Å². The van der Waals surface area contributed by atoms with Crippen LogP contribution in [0.3, 0.4) is 0 Å². The summed E-state index contributed by atoms with van der Waals surface area (Å²) in [6, 6.07) is 10.7. The van der Waals surface area contributed by atoms with Crippen molar-refractivity contribution in [2.75, 3.05) is 10.6 Å². The molecule has 0 aliphatic rings. The van der Waals surface area contributed by atoms with Gasteiger partial charge in [-0.1, -0.05) is 30.7 Å². The van der Waals surface area contributed by atoms with Crippen molar-refractivity contribution in [3.8, 4) is 0 Å². The van der Waals surface area contributed by atoms with E-state index in [0.29, 0.717) is 22.6 Å². The fraction of sp³-hybridized carbons (Fsp3) is 0.267. The highest BCUT2D eigenvalue weighted by molar-refractivity contribution is 6.33. The van der Waals surface area contributed by atoms with Crippen LogP contribution in [0.2, 0.25) is 5.02 Å². The van der Waals surface area contributed by atoms with Gasteiger partial charge in [-0.2, -0.15) is 0 Å². The highest BCUT2D eigenvalue weighted by Crippen LogP contribution is 2.20. The van der Waals surface area contributed by atoms with Gasteiger partial charge in [-0.15, -0.1) is 10.2 Å². The topological polar surface area (TPSA) is 66.9 Å². The monoisotopic (exact) mass is 304 g/mol. The third-order valence-electron chi connectivity index (χ3n) is 3.03. The molecule has 0 saturated carbocycles. The number of carbonyl (C=O) groups excluding carboxylic acids is 1. The standard InChI is InChI=1S/C15H17ClN4O/c1-3-10(2)17-14-9-8-13(19-20-14)15(21)18-12-7-5-4-6-11(12)16/h4-10H,3H2,1-2H3,(H,17,20)(H,18,21). The lowest BCUT2D eigenvalue weighted by atomic mass is 10.2. The highest BCUT2D eigenvalue weighted by Gasteiger charge is 2.10. The molecule has 1 unspecified atom stereocenters. The second kappa shape index (κ2) is 7.04. The molecule has 21 heavy (non-hydrogen) atoms. The zero-order valence-electron chi connectivity index (χ0n) is 11.9. The van der Waals surface area contributed by atoms with Gasteiger partial charge < -0.3 is 10.6 Å². The average Bonchev–Trinajstić information content (AvgIpc) is 2.50. The van der Waals surface area contributed by atoms with Crippen LogP contribution in [0.1, 0.15) is 30.8 Å². The number of nitrogens with zero attached hydrogens (tertiary/aromatic N) is 2. The van der Waals surface area contributed by atoms with E-state index >= 15 is 0 Å². The first-order valence-corrected chi connectivity index (χ1v) is 7.14. The number of para-hydroxylation sites is 1. The van der Waals surface area contributed by atoms with Crippen molar-refractivity contribution in [3.63, 3.8) is 0 Å². The molecule has 0 saturated heterocycles. The van der Waals surface area contributed by atoms with Crippen molar-refractivity contribution < 1.29 is 4.79 Å². The third kappa shape index (κ3) is 4.16. The van der Waals surface area contributed by atoms with Crippen molar-refractivity contribution in [3.05, 3.63) is 47.1 Å². The zero-order chi connectivity index (χ0) is 15.2. The molecule has 2 aromatic rings. The fourth-order valence-electron chi connectivity index (χ4n) is 1.63. The maximum atomic E-state index is 12.1. The van der Waals surface area contributed by atoms with Crippen LogP contribution in [0.15, 0.2) is 36.4 Å². The second-order valence-corrected chi connectivity index (χ2v) is 5.10. The molecular weight excluding hydrogens is 288 g/mol. The molecular formula is C15H17ClN4O. The lowest BCUT2D eigenvalue weighted by molar-refractivity contribution is 0.102. The van der Waals surface area contributed by atoms with Crippen LogP contribution >= 0.6 is 11.6 Å². The Morgan fingerprint density at radius 2 is 2.00 bits per heavy atom. The molecule has 1 atom stereocenters. The summed E-state index contributed by atoms with van der Waals surface area (Å²) in [5.74, 6) is 0.310. The summed E-state index contributed by atoms with van der Waals surface area (Å²) in [6.45, 7) is 4.14. The molecule has 5 nitrogen and oxygen atoms in total. The molecule has 0 spiro atoms. The van der Waals surface area contributed by atoms with Gasteiger partial charge in [0.15, 0.2) is 5.69 Å². The van der Waals surface area contributed by atoms with Crippen LogP contribution in [0.4, 0.5) is 11.5 Å². The maximum Gasteiger partial charge on any atom is 0.276 e. The summed E-state index contributed by atoms with van der Waals surface area (Å²) in [4.78, 5) is 12.1. The fourth-order valence-corrected chi connectivity index (χ4v) is 1.82. The van der Waals surface area contributed by atoms with Gasteiger partial charge in [-0.25, -0.2) is 0 Å². The molecule has 6 heteroatoms. The van der Waals surface area contributed by atoms with E-state index in [1.54, 1.807) is 36.4 Å². The number of anilines is 2. The molecule has 1 aromatic heterocycles. The molecule has 1 amide bonds. The first-order chi connectivity index (χ1) is 10.1. The lowest BCUT2D eigenvalue weighted by Gasteiger charge is -2.11. The summed E-state index contributed by atoms with van der Waals surface area (Å²) in [5, 5.41) is 14.3. The molecule has 2 rings (SSSR count). The molecule has 110 valence electrons. The first-order valence-electron chi connectivity index (χ1n) is 6.76. The summed E-state index contributed by atoms with van der Waals surface area (Å²) in [5.41, 5.74) is 0.789. The van der Waals surface area contributed by atoms with E-state index in [1.165, 1.54) is 0 Å². The summed E-state index contributed by atoms with van der Waals surface area (Å²) < 4.78 is 0. The molecule has 1 heterocycles. The molecule has 1 aromatic carbocycles. The van der Waals surface area contributed by atoms with Crippen molar-refractivity contribution in [1.82, 2.24) is 10.2 Å². The van der Waals surface area contributed by atoms with Crippen molar-refractivity contribution in [2.24, 2.45) is 0 Å². The Morgan fingerprint density at radius 1 is 1.24 bits per heavy atom. The first kappa shape index (κ1) is 15.3. The predicted molar refractivity (Wildman–Crippen MR) is 84.8 cm³/mol. The van der Waals surface area contributed by atoms with Crippen LogP contribution in [-0.4, -0.2) is 22.1 Å². The summed E-state index contributed by atoms with van der Waals surface area (Å²) in [6.07, 6.45) is 0.983. The largest absolute Gasteiger partial charge is 0.366 e. The Kier molecular flexibility index (Phi) is 5.11. The van der Waals surface area contributed by atoms with Gasteiger partial charge in [0.2, 0.25) is 0 Å². The van der Waals surface area contributed by atoms with Gasteiger partial charge >= 0.3 is 0 Å². The van der Waals surface area contributed by atoms with Gasteiger partial charge in [0.25, 0.3) is 5.91 Å². The van der Waals surface area contributed by atoms with Crippen LogP contribution in [-0.2, 0) is 0 Å². The molecule has 0 aliphatic carbocycles. The van der Waals surface area contributed by atoms with E-state index in [1.807, 2.05) is 0 Å². The van der Waals surface area contributed by atoms with Gasteiger partial charge in [-0.3, -0.25) is 4.79 Å². The normalized spacial score (nSPS) is 11.8. The van der Waals surface area contributed by atoms with E-state index in [-0.39, 0.29) is 11.6 Å². The van der Waals surface area contributed by atoms with Crippen LogP contribution in [0.5, 0.6) is 0 Å². The second-order valence-electron chi connectivity index (χ2n) is 4.69. The number of rotatable bonds is 5. The van der Waals surface area contributed by atoms with E-state index < -0.39 is 0 Å². The average molecular weight is 305 g/mol. The summed E-state index contributed by atoms with van der Waals surface area (Å²) >= 11 is 5.99. The molecule has 0 bridgehead atoms. The highest BCUT2D eigenvalue weighted by atomic mass is 35.5. The Bertz CT molecular complexity index is 615. The van der Waals surface area contributed by atoms with Gasteiger partial charge in [-0.05, 0) is 37.6 Å². The van der Waals surface area contributed by atoms with E-state index in [9.17, 15) is 4.79 Å². The van der Waals surface area contributed by atoms with Gasteiger partial charge in [0.05, 0.1) is 10.7 Å². The van der Waals surface area contributed by atoms with Crippen molar-refractivity contribution in [1.29, 1.82) is 0 Å². The van der Waals surface area contributed by atoms with E-state index in [0.717, 1.165) is 6.42 Å². The smallest absolute Gasteiger partial charge is 0.276 e. The van der Waals surface area contributed by atoms with Gasteiger partial charge in [0.1, 0.15) is 5.82 Å². The minimum Gasteiger partial charge on any atom is -0.366 e. The SMILES string of the molecule is CCC(C)Nc1ccc(C(=O)Nc2ccccc2Cl)nn1. The lowest BCUT2D eigenvalue weighted by Crippen LogP contribution is -2.17. The van der Waals surface area contributed by atoms with Crippen molar-refractivity contribution in [2.45, 2.75) is 26.3 Å². The Hall–Kier alpha value is -2.14. The quantitative estimate of drug-likeness (QED) is 0.886. The molecule has 2 N–H and O–H groups in total. The third-order valence-corrected chi connectivity index (χ3v) is 3.36. The number of halogens is 1. The molecule has 0 fully saturated rings. The molecule has 0 aliphatic heterocycles. The minimum atomic E-state index is -0.342. The van der Waals surface area contributed by atoms with Gasteiger partial charge in [0, 0.05) is 6.04 Å². The maximum absolute atomic E-state index is 12.1. The minimum absolute atomic E-state index is 0.240. The number of nitrogens with one attached hydrogen (secondary N) is 2. The molecule has 0 radical (unpaired) electrons. The number of carbonyl (C=O) groups is 1. The van der Waals surface area contributed by atoms with Crippen LogP contribution in [0.25, 0.3) is 0 Å². The predicted octanol–water partition coefficient (Wildman–Crippen LogP) is 3.59. The zero-order valence-corrected chi connectivity index (χ0v) is 12.7. The van der Waals surface area contributed by atoms with Crippen LogP contribution < -0.4 is 10.6 Å². The Morgan fingerprint density at radius 3 is 2.62 bits per heavy atom. The Balaban J connectivity index is 2.05. The number of hydrogen-bond acceptors (Lipinski definition) is 4. The Labute approximate surface area is 128 Å². The number of hydrogen-bond donors (Lipinski definition) is 2. The van der Waals surface area contributed by atoms with Crippen molar-refractivity contribution >= 4 is 29.0 Å². The summed E-state index contributed by atoms with van der Waals surface area (Å²) in [7, 11) is 0. The number of benzene rings is 1. The van der Waals surface area contributed by atoms with E-state index in [4.69, 9.17) is 11.6 Å². The van der Waals surface area contributed by atoms with E-state index in [2.05, 4.69) is 34.7 Å².